The van der Waals surface area contributed by atoms with E-state index in [4.69, 9.17) is 0 Å². The van der Waals surface area contributed by atoms with Crippen LogP contribution in [0.2, 0.25) is 0 Å². The van der Waals surface area contributed by atoms with E-state index in [0.29, 0.717) is 17.2 Å². The molecular formula is C27H29N7O5. The topological polar surface area (TPSA) is 132 Å². The molecule has 12 nitrogen and oxygen atoms in total. The first kappa shape index (κ1) is 25.0. The van der Waals surface area contributed by atoms with Crippen molar-refractivity contribution in [3.05, 3.63) is 80.3 Å². The van der Waals surface area contributed by atoms with Crippen LogP contribution in [0.25, 0.3) is 0 Å². The summed E-state index contributed by atoms with van der Waals surface area (Å²) in [6.45, 7) is 5.29. The highest BCUT2D eigenvalue weighted by molar-refractivity contribution is 6.26. The van der Waals surface area contributed by atoms with Gasteiger partial charge in [-0.2, -0.15) is 0 Å². The third-order valence-corrected chi connectivity index (χ3v) is 7.94. The largest absolute Gasteiger partial charge is 0.571 e. The van der Waals surface area contributed by atoms with E-state index in [9.17, 15) is 24.9 Å². The Bertz CT molecular complexity index is 1450. The van der Waals surface area contributed by atoms with Crippen molar-refractivity contribution >= 4 is 28.6 Å². The molecule has 0 bridgehead atoms. The molecule has 0 atom stereocenters. The van der Waals surface area contributed by atoms with E-state index in [2.05, 4.69) is 19.8 Å². The van der Waals surface area contributed by atoms with E-state index < -0.39 is 5.78 Å². The average Bonchev–Trinajstić information content (AvgIpc) is 3.31. The van der Waals surface area contributed by atoms with Crippen molar-refractivity contribution in [2.75, 3.05) is 55.6 Å². The summed E-state index contributed by atoms with van der Waals surface area (Å²) < 4.78 is 1.25. The highest BCUT2D eigenvalue weighted by Crippen LogP contribution is 2.34. The summed E-state index contributed by atoms with van der Waals surface area (Å²) in [5.74, 6) is -0.779. The number of carbonyl (C=O) groups is 2. The van der Waals surface area contributed by atoms with Crippen LogP contribution in [0.3, 0.4) is 0 Å². The van der Waals surface area contributed by atoms with Gasteiger partial charge in [-0.1, -0.05) is 24.3 Å². The molecular weight excluding hydrogens is 502 g/mol. The van der Waals surface area contributed by atoms with E-state index in [-0.39, 0.29) is 45.5 Å². The molecule has 2 fully saturated rings. The molecule has 0 amide bonds. The maximum absolute atomic E-state index is 13.1. The third-order valence-electron chi connectivity index (χ3n) is 7.94. The Hall–Kier alpha value is -4.32. The second-order valence-corrected chi connectivity index (χ2v) is 10.2. The van der Waals surface area contributed by atoms with Gasteiger partial charge in [0.1, 0.15) is 5.69 Å². The number of nitro benzene ring substituents is 1. The number of nitro groups is 1. The first-order chi connectivity index (χ1) is 18.9. The summed E-state index contributed by atoms with van der Waals surface area (Å²) in [7, 11) is 0. The number of anilines is 2. The Kier molecular flexibility index (Phi) is 6.47. The van der Waals surface area contributed by atoms with Crippen LogP contribution in [0, 0.1) is 15.3 Å². The van der Waals surface area contributed by atoms with Crippen molar-refractivity contribution in [2.24, 2.45) is 0 Å². The average molecular weight is 532 g/mol. The minimum atomic E-state index is -0.413. The molecule has 3 aromatic rings. The van der Waals surface area contributed by atoms with Crippen LogP contribution < -0.4 is 14.8 Å². The minimum Gasteiger partial charge on any atom is -0.571 e. The maximum atomic E-state index is 13.1. The van der Waals surface area contributed by atoms with E-state index >= 15 is 0 Å². The molecule has 6 rings (SSSR count). The fourth-order valence-corrected chi connectivity index (χ4v) is 5.82. The van der Waals surface area contributed by atoms with Crippen LogP contribution in [0.4, 0.5) is 17.1 Å². The number of piperazine rings is 1. The van der Waals surface area contributed by atoms with Gasteiger partial charge in [-0.05, 0) is 31.4 Å². The Labute approximate surface area is 224 Å². The van der Waals surface area contributed by atoms with Gasteiger partial charge in [0.15, 0.2) is 5.69 Å². The molecule has 12 heteroatoms. The lowest BCUT2D eigenvalue weighted by Gasteiger charge is -2.36. The summed E-state index contributed by atoms with van der Waals surface area (Å²) >= 11 is 0. The number of hydrogen-bond acceptors (Lipinski definition) is 9. The third kappa shape index (κ3) is 4.50. The monoisotopic (exact) mass is 531 g/mol. The van der Waals surface area contributed by atoms with Gasteiger partial charge in [0.25, 0.3) is 5.69 Å². The Morgan fingerprint density at radius 1 is 0.846 bits per heavy atom. The molecule has 2 saturated heterocycles. The van der Waals surface area contributed by atoms with Gasteiger partial charge >= 0.3 is 0 Å². The van der Waals surface area contributed by atoms with E-state index in [1.54, 1.807) is 30.3 Å². The summed E-state index contributed by atoms with van der Waals surface area (Å²) in [6.07, 6.45) is 3.23. The molecule has 3 aliphatic rings. The number of hydrogen-bond donors (Lipinski definition) is 0. The van der Waals surface area contributed by atoms with Crippen molar-refractivity contribution in [1.82, 2.24) is 14.7 Å². The molecule has 0 saturated carbocycles. The van der Waals surface area contributed by atoms with E-state index in [1.165, 1.54) is 4.68 Å². The number of carbonyl (C=O) groups excluding carboxylic acids is 2. The summed E-state index contributed by atoms with van der Waals surface area (Å²) in [5, 5.41) is 28.1. The number of rotatable bonds is 6. The molecule has 0 spiro atoms. The van der Waals surface area contributed by atoms with Crippen molar-refractivity contribution in [3.63, 3.8) is 0 Å². The van der Waals surface area contributed by atoms with Crippen LogP contribution in [0.1, 0.15) is 51.4 Å². The lowest BCUT2D eigenvalue weighted by molar-refractivity contribution is -0.749. The molecule has 2 aromatic carbocycles. The van der Waals surface area contributed by atoms with Crippen molar-refractivity contribution < 1.29 is 19.5 Å². The van der Waals surface area contributed by atoms with Crippen LogP contribution in [0.15, 0.2) is 42.5 Å². The number of fused-ring (bicyclic) bond motifs is 2. The SMILES string of the molecule is O=C1c2ccccc2C(=O)c2c1n[n+]([O-])n2CCN1CCN(c2ccc([N+](=O)[O-])c(N3CCCCC3)c2)CC1. The Morgan fingerprint density at radius 2 is 1.54 bits per heavy atom. The maximum Gasteiger partial charge on any atom is 0.292 e. The van der Waals surface area contributed by atoms with E-state index in [1.807, 2.05) is 12.1 Å². The fourth-order valence-electron chi connectivity index (χ4n) is 5.82. The molecule has 202 valence electrons. The predicted molar refractivity (Wildman–Crippen MR) is 142 cm³/mol. The van der Waals surface area contributed by atoms with Gasteiger partial charge in [0.05, 0.1) is 11.5 Å². The number of nitrogens with zero attached hydrogens (tertiary/aromatic N) is 7. The van der Waals surface area contributed by atoms with Gasteiger partial charge in [0, 0.05) is 78.8 Å². The van der Waals surface area contributed by atoms with Gasteiger partial charge in [0.2, 0.25) is 17.3 Å². The molecule has 0 radical (unpaired) electrons. The first-order valence-corrected chi connectivity index (χ1v) is 13.3. The molecule has 39 heavy (non-hydrogen) atoms. The van der Waals surface area contributed by atoms with Crippen LogP contribution >= 0.6 is 0 Å². The number of piperidine rings is 1. The minimum absolute atomic E-state index is 0.0449. The van der Waals surface area contributed by atoms with Crippen LogP contribution in [-0.2, 0) is 6.54 Å². The van der Waals surface area contributed by atoms with Crippen LogP contribution in [0.5, 0.6) is 0 Å². The zero-order chi connectivity index (χ0) is 27.1. The predicted octanol–water partition coefficient (Wildman–Crippen LogP) is 2.01. The zero-order valence-electron chi connectivity index (χ0n) is 21.5. The molecule has 1 aliphatic carbocycles. The van der Waals surface area contributed by atoms with Crippen molar-refractivity contribution in [2.45, 2.75) is 25.8 Å². The molecule has 1 aromatic heterocycles. The highest BCUT2D eigenvalue weighted by atomic mass is 16.6. The molecule has 3 heterocycles. The standard InChI is InChI=1S/C27H29N7O5/c35-26-20-6-2-3-7-21(20)27(36)25-24(26)28-34(39)32(25)17-14-29-12-15-30(16-13-29)19-8-9-22(33(37)38)23(18-19)31-10-4-1-5-11-31/h2-3,6-9,18H,1,4-5,10-17H2. The Balaban J connectivity index is 1.13. The lowest BCUT2D eigenvalue weighted by atomic mass is 9.90. The number of aromatic nitrogens is 3. The van der Waals surface area contributed by atoms with Gasteiger partial charge in [-0.25, -0.2) is 0 Å². The fraction of sp³-hybridized carbons (Fsp3) is 0.407. The van der Waals surface area contributed by atoms with Gasteiger partial charge in [-0.15, -0.1) is 4.68 Å². The normalized spacial score (nSPS) is 17.7. The van der Waals surface area contributed by atoms with E-state index in [0.717, 1.165) is 64.2 Å². The lowest BCUT2D eigenvalue weighted by Crippen LogP contribution is -2.49. The second kappa shape index (κ2) is 10.1. The summed E-state index contributed by atoms with van der Waals surface area (Å²) in [5.41, 5.74) is 2.30. The molecule has 2 aliphatic heterocycles. The quantitative estimate of drug-likeness (QED) is 0.159. The van der Waals surface area contributed by atoms with Gasteiger partial charge < -0.3 is 15.0 Å². The Morgan fingerprint density at radius 3 is 2.23 bits per heavy atom. The summed E-state index contributed by atoms with van der Waals surface area (Å²) in [4.78, 5) is 44.2. The zero-order valence-corrected chi connectivity index (χ0v) is 21.5. The number of ketones is 2. The molecule has 0 N–H and O–H groups in total. The summed E-state index contributed by atoms with van der Waals surface area (Å²) in [6, 6.07) is 11.9. The van der Waals surface area contributed by atoms with Crippen LogP contribution in [-0.4, -0.2) is 77.0 Å². The molecule has 0 unspecified atom stereocenters. The highest BCUT2D eigenvalue weighted by Gasteiger charge is 2.39. The first-order valence-electron chi connectivity index (χ1n) is 13.3. The van der Waals surface area contributed by atoms with Crippen molar-refractivity contribution in [1.29, 1.82) is 0 Å². The van der Waals surface area contributed by atoms with Gasteiger partial charge in [-0.3, -0.25) is 24.6 Å². The second-order valence-electron chi connectivity index (χ2n) is 10.2. The van der Waals surface area contributed by atoms with Crippen molar-refractivity contribution in [3.8, 4) is 0 Å². The smallest absolute Gasteiger partial charge is 0.292 e. The number of benzene rings is 2.